The van der Waals surface area contributed by atoms with Gasteiger partial charge in [0, 0.05) is 43.3 Å². The third kappa shape index (κ3) is 3.52. The highest BCUT2D eigenvalue weighted by Gasteiger charge is 2.26. The average molecular weight is 685 g/mol. The lowest BCUT2D eigenvalue weighted by Gasteiger charge is -2.15. The van der Waals surface area contributed by atoms with Gasteiger partial charge in [0.1, 0.15) is 5.82 Å². The van der Waals surface area contributed by atoms with Gasteiger partial charge in [0.15, 0.2) is 5.82 Å². The number of rotatable bonds is 2. The highest BCUT2D eigenvalue weighted by molar-refractivity contribution is 6.36. The SMILES string of the molecule is c1ccc2c(c1)cc(-c1nc(-n3c4ccc5ccccc5c4c4cc5c6ccccc6n6c7ccccc7c(c43)c56)c3ccccc3n1)c1ccccc12. The summed E-state index contributed by atoms with van der Waals surface area (Å²) in [5.74, 6) is 1.60. The van der Waals surface area contributed by atoms with Gasteiger partial charge in [-0.1, -0.05) is 127 Å². The lowest BCUT2D eigenvalue weighted by molar-refractivity contribution is 1.08. The van der Waals surface area contributed by atoms with Gasteiger partial charge in [-0.05, 0) is 74.8 Å². The van der Waals surface area contributed by atoms with E-state index < -0.39 is 0 Å². The van der Waals surface area contributed by atoms with Crippen molar-refractivity contribution in [2.75, 3.05) is 0 Å². The normalized spacial score (nSPS) is 12.4. The first kappa shape index (κ1) is 28.3. The maximum atomic E-state index is 5.67. The maximum Gasteiger partial charge on any atom is 0.162 e. The fourth-order valence-electron chi connectivity index (χ4n) is 9.59. The van der Waals surface area contributed by atoms with Crippen LogP contribution in [0.1, 0.15) is 0 Å². The molecule has 0 saturated heterocycles. The van der Waals surface area contributed by atoms with Gasteiger partial charge in [-0.2, -0.15) is 0 Å². The van der Waals surface area contributed by atoms with Crippen molar-refractivity contribution >= 4 is 103 Å². The quantitative estimate of drug-likeness (QED) is 0.170. The Bertz CT molecular complexity index is 3740. The molecule has 0 radical (unpaired) electrons. The van der Waals surface area contributed by atoms with Gasteiger partial charge in [-0.15, -0.1) is 0 Å². The average Bonchev–Trinajstić information content (AvgIpc) is 3.88. The highest BCUT2D eigenvalue weighted by atomic mass is 15.1. The molecule has 0 N–H and O–H groups in total. The summed E-state index contributed by atoms with van der Waals surface area (Å²) in [6, 6.07) is 61.5. The zero-order chi connectivity index (χ0) is 35.1. The molecule has 13 rings (SSSR count). The minimum atomic E-state index is 0.716. The monoisotopic (exact) mass is 684 g/mol. The molecular formula is C50H28N4. The van der Waals surface area contributed by atoms with E-state index in [9.17, 15) is 0 Å². The van der Waals surface area contributed by atoms with Gasteiger partial charge in [-0.3, -0.25) is 4.57 Å². The second-order valence-corrected chi connectivity index (χ2v) is 14.5. The fourth-order valence-corrected chi connectivity index (χ4v) is 9.59. The van der Waals surface area contributed by atoms with Crippen molar-refractivity contribution in [2.24, 2.45) is 0 Å². The molecule has 54 heavy (non-hydrogen) atoms. The summed E-state index contributed by atoms with van der Waals surface area (Å²) in [5.41, 5.74) is 7.93. The molecule has 4 aromatic heterocycles. The van der Waals surface area contributed by atoms with E-state index in [2.05, 4.69) is 179 Å². The molecule has 0 fully saturated rings. The van der Waals surface area contributed by atoms with Crippen LogP contribution in [0, 0.1) is 0 Å². The zero-order valence-electron chi connectivity index (χ0n) is 29.0. The van der Waals surface area contributed by atoms with Crippen LogP contribution in [0.15, 0.2) is 170 Å². The Hall–Kier alpha value is -7.30. The van der Waals surface area contributed by atoms with E-state index in [1.807, 2.05) is 0 Å². The smallest absolute Gasteiger partial charge is 0.162 e. The molecule has 0 bridgehead atoms. The minimum absolute atomic E-state index is 0.716. The predicted octanol–water partition coefficient (Wildman–Crippen LogP) is 13.0. The summed E-state index contributed by atoms with van der Waals surface area (Å²) < 4.78 is 4.92. The molecule has 4 heteroatoms. The third-order valence-corrected chi connectivity index (χ3v) is 11.8. The van der Waals surface area contributed by atoms with Gasteiger partial charge in [-0.25, -0.2) is 9.97 Å². The van der Waals surface area contributed by atoms with Crippen molar-refractivity contribution in [3.05, 3.63) is 170 Å². The van der Waals surface area contributed by atoms with Crippen LogP contribution < -0.4 is 0 Å². The van der Waals surface area contributed by atoms with E-state index >= 15 is 0 Å². The van der Waals surface area contributed by atoms with Gasteiger partial charge >= 0.3 is 0 Å². The second-order valence-electron chi connectivity index (χ2n) is 14.5. The Kier molecular flexibility index (Phi) is 5.34. The van der Waals surface area contributed by atoms with E-state index in [0.29, 0.717) is 5.82 Å². The molecule has 13 aromatic rings. The van der Waals surface area contributed by atoms with Crippen molar-refractivity contribution in [1.29, 1.82) is 0 Å². The number of aromatic nitrogens is 4. The Morgan fingerprint density at radius 1 is 0.352 bits per heavy atom. The van der Waals surface area contributed by atoms with Crippen LogP contribution in [0.2, 0.25) is 0 Å². The van der Waals surface area contributed by atoms with Crippen molar-refractivity contribution in [1.82, 2.24) is 18.9 Å². The molecule has 0 atom stereocenters. The van der Waals surface area contributed by atoms with Gasteiger partial charge in [0.25, 0.3) is 0 Å². The van der Waals surface area contributed by atoms with Gasteiger partial charge < -0.3 is 4.40 Å². The molecule has 0 spiro atoms. The van der Waals surface area contributed by atoms with Crippen LogP contribution in [0.4, 0.5) is 0 Å². The summed E-state index contributed by atoms with van der Waals surface area (Å²) in [6.07, 6.45) is 0. The molecule has 4 nitrogen and oxygen atoms in total. The molecule has 248 valence electrons. The summed E-state index contributed by atoms with van der Waals surface area (Å²) in [7, 11) is 0. The Morgan fingerprint density at radius 2 is 0.981 bits per heavy atom. The number of hydrogen-bond acceptors (Lipinski definition) is 2. The van der Waals surface area contributed by atoms with E-state index in [1.165, 1.54) is 81.3 Å². The maximum absolute atomic E-state index is 5.67. The first-order valence-corrected chi connectivity index (χ1v) is 18.5. The van der Waals surface area contributed by atoms with Crippen molar-refractivity contribution in [3.8, 4) is 17.2 Å². The van der Waals surface area contributed by atoms with Crippen LogP contribution in [-0.4, -0.2) is 18.9 Å². The molecule has 0 aliphatic heterocycles. The van der Waals surface area contributed by atoms with Crippen LogP contribution in [-0.2, 0) is 0 Å². The summed E-state index contributed by atoms with van der Waals surface area (Å²) in [4.78, 5) is 11.0. The molecule has 0 unspecified atom stereocenters. The zero-order valence-corrected chi connectivity index (χ0v) is 29.0. The summed E-state index contributed by atoms with van der Waals surface area (Å²) >= 11 is 0. The molecule has 0 saturated carbocycles. The van der Waals surface area contributed by atoms with Crippen LogP contribution in [0.3, 0.4) is 0 Å². The van der Waals surface area contributed by atoms with Crippen LogP contribution >= 0.6 is 0 Å². The molecule has 4 heterocycles. The largest absolute Gasteiger partial charge is 0.308 e. The topological polar surface area (TPSA) is 35.1 Å². The predicted molar refractivity (Wildman–Crippen MR) is 226 cm³/mol. The Balaban J connectivity index is 1.28. The number of fused-ring (bicyclic) bond motifs is 16. The van der Waals surface area contributed by atoms with Crippen molar-refractivity contribution in [3.63, 3.8) is 0 Å². The van der Waals surface area contributed by atoms with Crippen LogP contribution in [0.25, 0.3) is 120 Å². The Morgan fingerprint density at radius 3 is 1.81 bits per heavy atom. The molecule has 0 aliphatic rings. The number of nitrogens with zero attached hydrogens (tertiary/aromatic N) is 4. The Labute approximate surface area is 308 Å². The lowest BCUT2D eigenvalue weighted by atomic mass is 9.97. The van der Waals surface area contributed by atoms with Gasteiger partial charge in [0.2, 0.25) is 0 Å². The molecule has 9 aromatic carbocycles. The molecular weight excluding hydrogens is 657 g/mol. The van der Waals surface area contributed by atoms with Crippen LogP contribution in [0.5, 0.6) is 0 Å². The van der Waals surface area contributed by atoms with E-state index in [0.717, 1.165) is 33.2 Å². The van der Waals surface area contributed by atoms with E-state index in [4.69, 9.17) is 9.97 Å². The van der Waals surface area contributed by atoms with Crippen molar-refractivity contribution < 1.29 is 0 Å². The summed E-state index contributed by atoms with van der Waals surface area (Å²) in [5, 5.41) is 15.7. The second kappa shape index (κ2) is 10.2. The third-order valence-electron chi connectivity index (χ3n) is 11.8. The first-order valence-electron chi connectivity index (χ1n) is 18.5. The first-order chi connectivity index (χ1) is 26.8. The van der Waals surface area contributed by atoms with Crippen molar-refractivity contribution in [2.45, 2.75) is 0 Å². The van der Waals surface area contributed by atoms with E-state index in [1.54, 1.807) is 0 Å². The highest BCUT2D eigenvalue weighted by Crippen LogP contribution is 2.48. The number of hydrogen-bond donors (Lipinski definition) is 0. The number of para-hydroxylation sites is 3. The lowest BCUT2D eigenvalue weighted by Crippen LogP contribution is -2.03. The van der Waals surface area contributed by atoms with Gasteiger partial charge in [0.05, 0.1) is 33.1 Å². The standard InChI is InChI=1S/C50H28N4/c1-4-16-32-29(13-1)25-26-44-45(32)40-28-38-35-19-8-11-23-42(35)53-43-24-12-9-21-37(43)46(47(38)53)48(40)54(44)50-36-20-7-10-22-41(36)51-49(52-50)39-27-30-14-2-3-15-31(30)33-17-5-6-18-34(33)39/h1-28H. The summed E-state index contributed by atoms with van der Waals surface area (Å²) in [6.45, 7) is 0. The fraction of sp³-hybridized carbons (Fsp3) is 0. The molecule has 0 amide bonds. The number of benzene rings is 9. The molecule has 0 aliphatic carbocycles. The minimum Gasteiger partial charge on any atom is -0.308 e. The van der Waals surface area contributed by atoms with E-state index in [-0.39, 0.29) is 0 Å².